The summed E-state index contributed by atoms with van der Waals surface area (Å²) in [6.07, 6.45) is -1.93. The predicted molar refractivity (Wildman–Crippen MR) is 87.9 cm³/mol. The molecular weight excluding hydrogens is 381 g/mol. The minimum Gasteiger partial charge on any atom is -0.315 e. The van der Waals surface area contributed by atoms with Gasteiger partial charge in [-0.15, -0.1) is 22.6 Å². The lowest BCUT2D eigenvalue weighted by Crippen LogP contribution is -2.28. The van der Waals surface area contributed by atoms with E-state index in [0.717, 1.165) is 16.9 Å². The van der Waals surface area contributed by atoms with Crippen molar-refractivity contribution in [3.05, 3.63) is 23.0 Å². The van der Waals surface area contributed by atoms with E-state index in [1.54, 1.807) is 17.9 Å². The van der Waals surface area contributed by atoms with Gasteiger partial charge in [-0.1, -0.05) is 11.3 Å². The van der Waals surface area contributed by atoms with Crippen molar-refractivity contribution in [1.82, 2.24) is 25.3 Å². The summed E-state index contributed by atoms with van der Waals surface area (Å²) >= 11 is 0.737. The van der Waals surface area contributed by atoms with E-state index in [1.165, 1.54) is 0 Å². The Labute approximate surface area is 151 Å². The Balaban J connectivity index is 0.00000225. The summed E-state index contributed by atoms with van der Waals surface area (Å²) in [6.45, 7) is 1.12. The summed E-state index contributed by atoms with van der Waals surface area (Å²) in [4.78, 5) is 12.4. The van der Waals surface area contributed by atoms with E-state index in [4.69, 9.17) is 0 Å². The maximum absolute atomic E-state index is 12.4. The van der Waals surface area contributed by atoms with Gasteiger partial charge in [0.15, 0.2) is 0 Å². The number of amides is 1. The van der Waals surface area contributed by atoms with Gasteiger partial charge in [-0.2, -0.15) is 18.3 Å². The van der Waals surface area contributed by atoms with Crippen molar-refractivity contribution in [3.8, 4) is 0 Å². The number of alkyl halides is 3. The summed E-state index contributed by atoms with van der Waals surface area (Å²) in [5, 5.41) is 16.8. The predicted octanol–water partition coefficient (Wildman–Crippen LogP) is 1.74. The highest BCUT2D eigenvalue weighted by Crippen LogP contribution is 2.30. The number of hydrogen-bond donors (Lipinski definition) is 2. The molecule has 0 saturated carbocycles. The highest BCUT2D eigenvalue weighted by Gasteiger charge is 2.35. The Morgan fingerprint density at radius 1 is 1.44 bits per heavy atom. The topological polar surface area (TPSA) is 84.7 Å². The zero-order valence-corrected chi connectivity index (χ0v) is 14.7. The van der Waals surface area contributed by atoms with Gasteiger partial charge in [-0.3, -0.25) is 9.48 Å². The third-order valence-electron chi connectivity index (χ3n) is 3.75. The minimum absolute atomic E-state index is 0. The number of anilines is 1. The third-order valence-corrected chi connectivity index (χ3v) is 4.59. The van der Waals surface area contributed by atoms with E-state index in [2.05, 4.69) is 25.9 Å². The highest BCUT2D eigenvalue weighted by molar-refractivity contribution is 7.15. The largest absolute Gasteiger partial charge is 0.395 e. The van der Waals surface area contributed by atoms with E-state index in [0.29, 0.717) is 13.1 Å². The monoisotopic (exact) mass is 396 g/mol. The lowest BCUT2D eigenvalue weighted by Gasteiger charge is -2.15. The zero-order chi connectivity index (χ0) is 17.3. The first-order valence-electron chi connectivity index (χ1n) is 7.21. The number of hydrogen-bond acceptors (Lipinski definition) is 6. The lowest BCUT2D eigenvalue weighted by molar-refractivity contribution is -0.127. The third kappa shape index (κ3) is 4.89. The number of nitrogens with zero attached hydrogens (tertiary/aromatic N) is 4. The normalized spacial score (nSPS) is 20.3. The molecule has 12 heteroatoms. The molecule has 1 saturated heterocycles. The van der Waals surface area contributed by atoms with Gasteiger partial charge in [0.25, 0.3) is 0 Å². The molecule has 2 aromatic heterocycles. The number of aryl methyl sites for hydroxylation is 1. The second-order valence-electron chi connectivity index (χ2n) is 5.60. The van der Waals surface area contributed by atoms with E-state index in [9.17, 15) is 18.0 Å². The molecule has 0 spiro atoms. The second kappa shape index (κ2) is 7.67. The molecule has 1 amide bonds. The van der Waals surface area contributed by atoms with Crippen molar-refractivity contribution in [2.45, 2.75) is 18.5 Å². The molecular formula is C13H16ClF3N6OS. The molecule has 1 aliphatic heterocycles. The molecule has 0 unspecified atom stereocenters. The van der Waals surface area contributed by atoms with Gasteiger partial charge >= 0.3 is 6.18 Å². The van der Waals surface area contributed by atoms with E-state index in [1.807, 2.05) is 6.20 Å². The molecule has 7 nitrogen and oxygen atoms in total. The van der Waals surface area contributed by atoms with Gasteiger partial charge in [0.2, 0.25) is 11.0 Å². The molecule has 2 atom stereocenters. The molecule has 3 heterocycles. The fraction of sp³-hybridized carbons (Fsp3) is 0.538. The summed E-state index contributed by atoms with van der Waals surface area (Å²) < 4.78 is 38.7. The summed E-state index contributed by atoms with van der Waals surface area (Å²) in [6, 6.07) is 0. The van der Waals surface area contributed by atoms with Crippen LogP contribution in [-0.2, 0) is 18.3 Å². The first-order valence-corrected chi connectivity index (χ1v) is 8.03. The van der Waals surface area contributed by atoms with Crippen LogP contribution in [0.25, 0.3) is 0 Å². The average molecular weight is 397 g/mol. The van der Waals surface area contributed by atoms with Gasteiger partial charge in [-0.05, 0) is 5.56 Å². The minimum atomic E-state index is -4.35. The molecule has 25 heavy (non-hydrogen) atoms. The maximum atomic E-state index is 12.4. The fourth-order valence-electron chi connectivity index (χ4n) is 2.68. The van der Waals surface area contributed by atoms with Crippen LogP contribution in [0.4, 0.5) is 18.3 Å². The summed E-state index contributed by atoms with van der Waals surface area (Å²) in [5.74, 6) is -0.672. The number of carbonyl (C=O) groups is 1. The highest BCUT2D eigenvalue weighted by atomic mass is 35.5. The molecule has 2 N–H and O–H groups in total. The van der Waals surface area contributed by atoms with Crippen LogP contribution in [0.5, 0.6) is 0 Å². The first-order chi connectivity index (χ1) is 11.3. The number of carbonyl (C=O) groups excluding carboxylic acids is 1. The summed E-state index contributed by atoms with van der Waals surface area (Å²) in [5.41, 5.74) is 0.942. The summed E-state index contributed by atoms with van der Waals surface area (Å²) in [7, 11) is 1.80. The molecule has 138 valence electrons. The van der Waals surface area contributed by atoms with Gasteiger partial charge < -0.3 is 10.6 Å². The van der Waals surface area contributed by atoms with Crippen LogP contribution in [0.3, 0.4) is 0 Å². The molecule has 3 rings (SSSR count). The van der Waals surface area contributed by atoms with Crippen molar-refractivity contribution in [1.29, 1.82) is 0 Å². The fourth-order valence-corrected chi connectivity index (χ4v) is 3.46. The van der Waals surface area contributed by atoms with Crippen molar-refractivity contribution in [3.63, 3.8) is 0 Å². The van der Waals surface area contributed by atoms with Crippen LogP contribution in [0.2, 0.25) is 0 Å². The van der Waals surface area contributed by atoms with E-state index < -0.39 is 12.6 Å². The molecule has 1 fully saturated rings. The molecule has 0 radical (unpaired) electrons. The van der Waals surface area contributed by atoms with Crippen molar-refractivity contribution < 1.29 is 18.0 Å². The van der Waals surface area contributed by atoms with Gasteiger partial charge in [0, 0.05) is 32.3 Å². The van der Waals surface area contributed by atoms with Crippen LogP contribution in [0.15, 0.2) is 12.4 Å². The van der Waals surface area contributed by atoms with Crippen LogP contribution >= 0.6 is 23.7 Å². The van der Waals surface area contributed by atoms with Crippen molar-refractivity contribution in [2.24, 2.45) is 13.0 Å². The standard InChI is InChI=1S/C13H15F3N6OS.ClH/c1-22-6-7(3-18-22)8-4-17-5-9(8)11(23)19-12-21-20-10(24-12)2-13(14,15)16;/h3,6,8-9,17H,2,4-5H2,1H3,(H,19,21,23);1H/t8-,9+;/m1./s1. The molecule has 1 aliphatic rings. The number of nitrogens with one attached hydrogen (secondary N) is 2. The van der Waals surface area contributed by atoms with Crippen molar-refractivity contribution >= 4 is 34.8 Å². The lowest BCUT2D eigenvalue weighted by atomic mass is 9.90. The second-order valence-corrected chi connectivity index (χ2v) is 6.66. The number of rotatable bonds is 4. The Bertz CT molecular complexity index is 733. The van der Waals surface area contributed by atoms with Crippen LogP contribution in [0, 0.1) is 5.92 Å². The Kier molecular flexibility index (Phi) is 6.01. The molecule has 0 aromatic carbocycles. The molecule has 2 aromatic rings. The van der Waals surface area contributed by atoms with Crippen LogP contribution in [-0.4, -0.2) is 45.2 Å². The van der Waals surface area contributed by atoms with E-state index >= 15 is 0 Å². The average Bonchev–Trinajstić information content (AvgIpc) is 3.17. The van der Waals surface area contributed by atoms with Crippen molar-refractivity contribution in [2.75, 3.05) is 18.4 Å². The first kappa shape index (κ1) is 19.6. The Morgan fingerprint density at radius 3 is 2.84 bits per heavy atom. The smallest absolute Gasteiger partial charge is 0.315 e. The van der Waals surface area contributed by atoms with Crippen LogP contribution < -0.4 is 10.6 Å². The molecule has 0 aliphatic carbocycles. The number of halogens is 4. The SMILES string of the molecule is Cl.Cn1cc([C@H]2CNC[C@@H]2C(=O)Nc2nnc(CC(F)(F)F)s2)cn1. The van der Waals surface area contributed by atoms with Gasteiger partial charge in [-0.25, -0.2) is 0 Å². The van der Waals surface area contributed by atoms with Gasteiger partial charge in [0.05, 0.1) is 18.5 Å². The van der Waals surface area contributed by atoms with Crippen LogP contribution in [0.1, 0.15) is 16.5 Å². The number of aromatic nitrogens is 4. The molecule has 0 bridgehead atoms. The Hall–Kier alpha value is -1.72. The maximum Gasteiger partial charge on any atom is 0.395 e. The van der Waals surface area contributed by atoms with Gasteiger partial charge in [0.1, 0.15) is 5.01 Å². The van der Waals surface area contributed by atoms with E-state index in [-0.39, 0.29) is 40.3 Å². The quantitative estimate of drug-likeness (QED) is 0.822. The Morgan fingerprint density at radius 2 is 2.20 bits per heavy atom. The zero-order valence-electron chi connectivity index (χ0n) is 13.1.